The molecule has 8 rings (SSSR count). The van der Waals surface area contributed by atoms with Gasteiger partial charge < -0.3 is 4.90 Å². The third kappa shape index (κ3) is 5.57. The highest BCUT2D eigenvalue weighted by atomic mass is 32.2. The summed E-state index contributed by atoms with van der Waals surface area (Å²) < 4.78 is 3.99. The molecule has 0 spiro atoms. The normalized spacial score (nSPS) is 15.6. The summed E-state index contributed by atoms with van der Waals surface area (Å²) in [5.41, 5.74) is 7.38. The third-order valence-corrected chi connectivity index (χ3v) is 10.3. The van der Waals surface area contributed by atoms with Crippen LogP contribution in [0.1, 0.15) is 35.6 Å². The summed E-state index contributed by atoms with van der Waals surface area (Å²) in [7, 11) is 0. The minimum atomic E-state index is -0.859. The standard InChI is InChI=1S/C41H36N8OS/c1-3-35-27-38(50)48-40(47(51-2)29-42-48)46(35)28-30-23-25-31(26-24-30)36-21-13-14-22-37(36)39-43-44-45-49(39)41(32-15-7-4-8-16-32,33-17-9-5-10-18-33)34-19-11-6-12-20-34/h4-27,29,40H,3,28H2,1-2H3. The van der Waals surface area contributed by atoms with E-state index in [4.69, 9.17) is 10.3 Å². The Balaban J connectivity index is 1.21. The first kappa shape index (κ1) is 32.2. The van der Waals surface area contributed by atoms with Crippen molar-refractivity contribution in [1.29, 1.82) is 0 Å². The number of hydrazone groups is 1. The van der Waals surface area contributed by atoms with E-state index in [9.17, 15) is 4.79 Å². The molecule has 0 saturated carbocycles. The van der Waals surface area contributed by atoms with E-state index in [2.05, 4.69) is 137 Å². The summed E-state index contributed by atoms with van der Waals surface area (Å²) >= 11 is 1.55. The Morgan fingerprint density at radius 3 is 1.86 bits per heavy atom. The van der Waals surface area contributed by atoms with E-state index in [-0.39, 0.29) is 12.2 Å². The Bertz CT molecular complexity index is 2110. The van der Waals surface area contributed by atoms with Crippen LogP contribution in [-0.4, -0.2) is 59.2 Å². The van der Waals surface area contributed by atoms with Gasteiger partial charge >= 0.3 is 0 Å². The zero-order chi connectivity index (χ0) is 34.8. The van der Waals surface area contributed by atoms with Gasteiger partial charge in [-0.1, -0.05) is 146 Å². The second-order valence-corrected chi connectivity index (χ2v) is 13.2. The number of fused-ring (bicyclic) bond motifs is 1. The van der Waals surface area contributed by atoms with Gasteiger partial charge in [0.25, 0.3) is 5.91 Å². The van der Waals surface area contributed by atoms with Crippen LogP contribution in [0.25, 0.3) is 22.5 Å². The Kier molecular flexibility index (Phi) is 8.67. The topological polar surface area (TPSA) is 82.8 Å². The molecule has 1 unspecified atom stereocenters. The molecule has 10 heteroatoms. The average Bonchev–Trinajstić information content (AvgIpc) is 3.87. The number of carbonyl (C=O) groups is 1. The Labute approximate surface area is 301 Å². The van der Waals surface area contributed by atoms with Crippen molar-refractivity contribution in [1.82, 2.24) is 34.4 Å². The maximum atomic E-state index is 12.8. The van der Waals surface area contributed by atoms with Crippen LogP contribution in [-0.2, 0) is 16.9 Å². The third-order valence-electron chi connectivity index (χ3n) is 9.62. The van der Waals surface area contributed by atoms with Crippen molar-refractivity contribution in [3.63, 3.8) is 0 Å². The number of amides is 1. The number of carbonyl (C=O) groups excluding carboxylic acids is 1. The number of aromatic nitrogens is 4. The van der Waals surface area contributed by atoms with Gasteiger partial charge in [0.05, 0.1) is 0 Å². The summed E-state index contributed by atoms with van der Waals surface area (Å²) in [6, 6.07) is 48.2. The van der Waals surface area contributed by atoms with Crippen molar-refractivity contribution in [3.05, 3.63) is 174 Å². The smallest absolute Gasteiger partial charge is 0.272 e. The molecule has 0 radical (unpaired) electrons. The lowest BCUT2D eigenvalue weighted by molar-refractivity contribution is -0.135. The first-order valence-electron chi connectivity index (χ1n) is 16.9. The Morgan fingerprint density at radius 2 is 1.29 bits per heavy atom. The largest absolute Gasteiger partial charge is 0.331 e. The van der Waals surface area contributed by atoms with Gasteiger partial charge in [-0.15, -0.1) is 5.10 Å². The quantitative estimate of drug-likeness (QED) is 0.108. The van der Waals surface area contributed by atoms with Crippen molar-refractivity contribution in [2.45, 2.75) is 31.7 Å². The summed E-state index contributed by atoms with van der Waals surface area (Å²) in [4.78, 5) is 15.1. The molecule has 51 heavy (non-hydrogen) atoms. The fourth-order valence-electron chi connectivity index (χ4n) is 7.25. The predicted molar refractivity (Wildman–Crippen MR) is 202 cm³/mol. The molecule has 252 valence electrons. The van der Waals surface area contributed by atoms with E-state index in [0.29, 0.717) is 12.4 Å². The van der Waals surface area contributed by atoms with E-state index in [1.807, 2.05) is 39.5 Å². The monoisotopic (exact) mass is 688 g/mol. The molecule has 0 aliphatic carbocycles. The molecule has 0 fully saturated rings. The summed E-state index contributed by atoms with van der Waals surface area (Å²) in [6.07, 6.45) is 5.86. The minimum Gasteiger partial charge on any atom is -0.331 e. The van der Waals surface area contributed by atoms with Crippen LogP contribution < -0.4 is 0 Å². The number of allylic oxidation sites excluding steroid dienone is 1. The maximum Gasteiger partial charge on any atom is 0.272 e. The van der Waals surface area contributed by atoms with Crippen LogP contribution in [0.15, 0.2) is 156 Å². The van der Waals surface area contributed by atoms with Crippen LogP contribution in [0, 0.1) is 0 Å². The number of nitrogens with zero attached hydrogens (tertiary/aromatic N) is 8. The highest BCUT2D eigenvalue weighted by Crippen LogP contribution is 2.43. The predicted octanol–water partition coefficient (Wildman–Crippen LogP) is 7.61. The summed E-state index contributed by atoms with van der Waals surface area (Å²) in [5, 5.41) is 19.7. The summed E-state index contributed by atoms with van der Waals surface area (Å²) in [6.45, 7) is 2.71. The molecule has 2 aliphatic rings. The van der Waals surface area contributed by atoms with Gasteiger partial charge in [0.15, 0.2) is 5.82 Å². The molecule has 9 nitrogen and oxygen atoms in total. The lowest BCUT2D eigenvalue weighted by Crippen LogP contribution is -2.54. The van der Waals surface area contributed by atoms with Crippen LogP contribution in [0.5, 0.6) is 0 Å². The lowest BCUT2D eigenvalue weighted by Gasteiger charge is -2.42. The van der Waals surface area contributed by atoms with E-state index in [0.717, 1.165) is 51.1 Å². The molecule has 0 N–H and O–H groups in total. The number of hydrogen-bond acceptors (Lipinski definition) is 8. The maximum absolute atomic E-state index is 12.8. The first-order chi connectivity index (χ1) is 25.1. The molecule has 1 atom stereocenters. The van der Waals surface area contributed by atoms with E-state index < -0.39 is 5.54 Å². The van der Waals surface area contributed by atoms with E-state index in [1.165, 1.54) is 0 Å². The lowest BCUT2D eigenvalue weighted by atomic mass is 9.77. The zero-order valence-electron chi connectivity index (χ0n) is 28.3. The first-order valence-corrected chi connectivity index (χ1v) is 18.1. The highest BCUT2D eigenvalue weighted by Gasteiger charge is 2.43. The van der Waals surface area contributed by atoms with Crippen molar-refractivity contribution in [2.75, 3.05) is 6.26 Å². The van der Waals surface area contributed by atoms with Gasteiger partial charge in [0.2, 0.25) is 6.29 Å². The molecule has 3 heterocycles. The van der Waals surface area contributed by atoms with Crippen LogP contribution in [0.2, 0.25) is 0 Å². The van der Waals surface area contributed by atoms with Crippen molar-refractivity contribution in [3.8, 4) is 22.5 Å². The second kappa shape index (κ2) is 13.7. The highest BCUT2D eigenvalue weighted by molar-refractivity contribution is 7.96. The molecule has 0 bridgehead atoms. The van der Waals surface area contributed by atoms with Crippen LogP contribution in [0.4, 0.5) is 0 Å². The van der Waals surface area contributed by atoms with Gasteiger partial charge in [-0.3, -0.25) is 9.10 Å². The fraction of sp³-hybridized carbons (Fsp3) is 0.146. The van der Waals surface area contributed by atoms with Crippen molar-refractivity contribution < 1.29 is 4.79 Å². The van der Waals surface area contributed by atoms with Crippen LogP contribution in [0.3, 0.4) is 0 Å². The van der Waals surface area contributed by atoms with Gasteiger partial charge in [-0.25, -0.2) is 4.68 Å². The molecule has 1 amide bonds. The van der Waals surface area contributed by atoms with Crippen molar-refractivity contribution >= 4 is 24.2 Å². The molecular weight excluding hydrogens is 653 g/mol. The number of hydrogen-bond donors (Lipinski definition) is 0. The van der Waals surface area contributed by atoms with Crippen LogP contribution >= 0.6 is 11.9 Å². The molecule has 0 saturated heterocycles. The molecule has 5 aromatic carbocycles. The second-order valence-electron chi connectivity index (χ2n) is 12.4. The average molecular weight is 689 g/mol. The summed E-state index contributed by atoms with van der Waals surface area (Å²) in [5.74, 6) is 0.562. The number of rotatable bonds is 10. The number of benzene rings is 5. The van der Waals surface area contributed by atoms with Gasteiger partial charge in [0.1, 0.15) is 11.9 Å². The molecule has 2 aliphatic heterocycles. The number of tetrazole rings is 1. The molecule has 1 aromatic heterocycles. The Morgan fingerprint density at radius 1 is 0.725 bits per heavy atom. The van der Waals surface area contributed by atoms with Gasteiger partial charge in [-0.05, 0) is 62.2 Å². The van der Waals surface area contributed by atoms with E-state index >= 15 is 0 Å². The zero-order valence-corrected chi connectivity index (χ0v) is 29.1. The van der Waals surface area contributed by atoms with Gasteiger partial charge in [-0.2, -0.15) is 10.1 Å². The van der Waals surface area contributed by atoms with Gasteiger partial charge in [0, 0.05) is 30.1 Å². The molecule has 6 aromatic rings. The van der Waals surface area contributed by atoms with E-state index in [1.54, 1.807) is 29.4 Å². The Hall–Kier alpha value is -6.00. The van der Waals surface area contributed by atoms with Crippen molar-refractivity contribution in [2.24, 2.45) is 5.10 Å². The fourth-order valence-corrected chi connectivity index (χ4v) is 7.77. The SMILES string of the molecule is CCC1=CC(=O)N2N=CN(SC)C2N1Cc1ccc(-c2ccccc2-c2nnnn2C(c2ccccc2)(c2ccccc2)c2ccccc2)cc1. The minimum absolute atomic E-state index is 0.0917. The molecular formula is C41H36N8OS.